The normalized spacial score (nSPS) is 11.7. The zero-order chi connectivity index (χ0) is 14.2. The molecule has 0 fully saturated rings. The van der Waals surface area contributed by atoms with Crippen LogP contribution >= 0.6 is 0 Å². The number of aryl methyl sites for hydroxylation is 1. The average Bonchev–Trinajstić information content (AvgIpc) is 2.78. The second kappa shape index (κ2) is 4.61. The minimum absolute atomic E-state index is 0.115. The van der Waals surface area contributed by atoms with Gasteiger partial charge in [0.05, 0.1) is 4.90 Å². The number of anilines is 1. The van der Waals surface area contributed by atoms with E-state index < -0.39 is 10.0 Å². The van der Waals surface area contributed by atoms with Crippen LogP contribution in [0.2, 0.25) is 0 Å². The third kappa shape index (κ3) is 2.35. The molecule has 0 aliphatic carbocycles. The third-order valence-corrected chi connectivity index (χ3v) is 4.03. The lowest BCUT2D eigenvalue weighted by Crippen LogP contribution is -2.13. The summed E-state index contributed by atoms with van der Waals surface area (Å²) in [4.78, 5) is 8.17. The lowest BCUT2D eigenvalue weighted by Gasteiger charge is -2.06. The van der Waals surface area contributed by atoms with E-state index in [1.54, 1.807) is 31.2 Å². The van der Waals surface area contributed by atoms with Crippen LogP contribution in [-0.2, 0) is 10.0 Å². The number of hydrogen-bond donors (Lipinski definition) is 1. The number of pyridine rings is 1. The number of sulfonamides is 1. The first-order valence-corrected chi connectivity index (χ1v) is 7.34. The van der Waals surface area contributed by atoms with Gasteiger partial charge in [0.1, 0.15) is 11.3 Å². The van der Waals surface area contributed by atoms with Gasteiger partial charge in [-0.15, -0.1) is 0 Å². The van der Waals surface area contributed by atoms with E-state index >= 15 is 0 Å². The molecule has 7 heteroatoms. The molecule has 1 N–H and O–H groups in total. The lowest BCUT2D eigenvalue weighted by atomic mass is 10.3. The average molecular weight is 289 g/mol. The van der Waals surface area contributed by atoms with Crippen molar-refractivity contribution in [3.63, 3.8) is 0 Å². The number of hydrogen-bond acceptors (Lipinski definition) is 5. The van der Waals surface area contributed by atoms with Crippen LogP contribution in [0.15, 0.2) is 51.9 Å². The highest BCUT2D eigenvalue weighted by molar-refractivity contribution is 7.92. The SMILES string of the molecule is Cc1nc2cc(S(=O)(=O)Nc3ccccn3)ccc2o1. The van der Waals surface area contributed by atoms with E-state index in [4.69, 9.17) is 4.42 Å². The van der Waals surface area contributed by atoms with Crippen LogP contribution in [0.4, 0.5) is 5.82 Å². The molecule has 0 unspecified atom stereocenters. The van der Waals surface area contributed by atoms with E-state index in [-0.39, 0.29) is 10.7 Å². The molecular weight excluding hydrogens is 278 g/mol. The molecule has 0 saturated carbocycles. The smallest absolute Gasteiger partial charge is 0.263 e. The number of oxazole rings is 1. The number of rotatable bonds is 3. The fourth-order valence-corrected chi connectivity index (χ4v) is 2.84. The molecule has 0 saturated heterocycles. The second-order valence-electron chi connectivity index (χ2n) is 4.18. The number of aromatic nitrogens is 2. The molecule has 0 aliphatic heterocycles. The standard InChI is InChI=1S/C13H11N3O3S/c1-9-15-11-8-10(5-6-12(11)19-9)20(17,18)16-13-4-2-3-7-14-13/h2-8H,1H3,(H,14,16). The van der Waals surface area contributed by atoms with Crippen LogP contribution in [0.1, 0.15) is 5.89 Å². The minimum atomic E-state index is -3.69. The van der Waals surface area contributed by atoms with Crippen LogP contribution in [0.5, 0.6) is 0 Å². The van der Waals surface area contributed by atoms with Crippen molar-refractivity contribution in [3.05, 3.63) is 48.5 Å². The molecule has 3 rings (SSSR count). The van der Waals surface area contributed by atoms with Crippen LogP contribution in [0.3, 0.4) is 0 Å². The van der Waals surface area contributed by atoms with Gasteiger partial charge in [0.15, 0.2) is 11.5 Å². The zero-order valence-corrected chi connectivity index (χ0v) is 11.4. The lowest BCUT2D eigenvalue weighted by molar-refractivity contribution is 0.561. The topological polar surface area (TPSA) is 85.1 Å². The number of fused-ring (bicyclic) bond motifs is 1. The Kier molecular flexibility index (Phi) is 2.90. The second-order valence-corrected chi connectivity index (χ2v) is 5.87. The highest BCUT2D eigenvalue weighted by Gasteiger charge is 2.16. The largest absolute Gasteiger partial charge is 0.441 e. The van der Waals surface area contributed by atoms with Gasteiger partial charge in [-0.25, -0.2) is 18.4 Å². The number of benzene rings is 1. The van der Waals surface area contributed by atoms with Crippen molar-refractivity contribution < 1.29 is 12.8 Å². The molecular formula is C13H11N3O3S. The predicted molar refractivity (Wildman–Crippen MR) is 73.8 cm³/mol. The molecule has 2 aromatic heterocycles. The molecule has 2 heterocycles. The molecule has 0 bridgehead atoms. The monoisotopic (exact) mass is 289 g/mol. The van der Waals surface area contributed by atoms with Crippen molar-refractivity contribution in [2.24, 2.45) is 0 Å². The van der Waals surface area contributed by atoms with Gasteiger partial charge in [-0.3, -0.25) is 4.72 Å². The van der Waals surface area contributed by atoms with Crippen LogP contribution in [0.25, 0.3) is 11.1 Å². The first-order chi connectivity index (χ1) is 9.54. The summed E-state index contributed by atoms with van der Waals surface area (Å²) in [7, 11) is -3.69. The Morgan fingerprint density at radius 3 is 2.80 bits per heavy atom. The maximum Gasteiger partial charge on any atom is 0.263 e. The molecule has 102 valence electrons. The van der Waals surface area contributed by atoms with Gasteiger partial charge in [0, 0.05) is 13.1 Å². The Morgan fingerprint density at radius 1 is 1.20 bits per heavy atom. The Bertz CT molecular complexity index is 857. The Labute approximate surface area is 115 Å². The summed E-state index contributed by atoms with van der Waals surface area (Å²) in [5.41, 5.74) is 1.06. The number of nitrogens with one attached hydrogen (secondary N) is 1. The minimum Gasteiger partial charge on any atom is -0.441 e. The summed E-state index contributed by atoms with van der Waals surface area (Å²) in [5.74, 6) is 0.760. The van der Waals surface area contributed by atoms with Crippen molar-refractivity contribution in [2.45, 2.75) is 11.8 Å². The van der Waals surface area contributed by atoms with Crippen molar-refractivity contribution in [1.82, 2.24) is 9.97 Å². The van der Waals surface area contributed by atoms with Gasteiger partial charge in [-0.05, 0) is 30.3 Å². The first-order valence-electron chi connectivity index (χ1n) is 5.86. The molecule has 0 atom stereocenters. The van der Waals surface area contributed by atoms with Crippen LogP contribution in [0, 0.1) is 6.92 Å². The Hall–Kier alpha value is -2.41. The molecule has 1 aromatic carbocycles. The highest BCUT2D eigenvalue weighted by Crippen LogP contribution is 2.21. The van der Waals surface area contributed by atoms with Gasteiger partial charge in [-0.2, -0.15) is 0 Å². The van der Waals surface area contributed by atoms with Gasteiger partial charge in [0.2, 0.25) is 0 Å². The molecule has 0 aliphatic rings. The number of nitrogens with zero attached hydrogens (tertiary/aromatic N) is 2. The van der Waals surface area contributed by atoms with Gasteiger partial charge in [-0.1, -0.05) is 6.07 Å². The fraction of sp³-hybridized carbons (Fsp3) is 0.0769. The van der Waals surface area contributed by atoms with Crippen molar-refractivity contribution in [2.75, 3.05) is 4.72 Å². The van der Waals surface area contributed by atoms with Gasteiger partial charge >= 0.3 is 0 Å². The molecule has 0 amide bonds. The molecule has 20 heavy (non-hydrogen) atoms. The first kappa shape index (κ1) is 12.6. The molecule has 3 aromatic rings. The summed E-state index contributed by atoms with van der Waals surface area (Å²) >= 11 is 0. The van der Waals surface area contributed by atoms with E-state index in [0.717, 1.165) is 0 Å². The van der Waals surface area contributed by atoms with E-state index in [1.807, 2.05) is 0 Å². The predicted octanol–water partition coefficient (Wildman–Crippen LogP) is 2.33. The Balaban J connectivity index is 2.00. The highest BCUT2D eigenvalue weighted by atomic mass is 32.2. The van der Waals surface area contributed by atoms with Crippen LogP contribution in [-0.4, -0.2) is 18.4 Å². The maximum atomic E-state index is 12.2. The summed E-state index contributed by atoms with van der Waals surface area (Å²) in [5, 5.41) is 0. The van der Waals surface area contributed by atoms with E-state index in [2.05, 4.69) is 14.7 Å². The molecule has 0 spiro atoms. The van der Waals surface area contributed by atoms with Gasteiger partial charge in [0.25, 0.3) is 10.0 Å². The van der Waals surface area contributed by atoms with E-state index in [9.17, 15) is 8.42 Å². The van der Waals surface area contributed by atoms with Crippen molar-refractivity contribution >= 4 is 26.9 Å². The summed E-state index contributed by atoms with van der Waals surface area (Å²) in [6.45, 7) is 1.71. The summed E-state index contributed by atoms with van der Waals surface area (Å²) in [6.07, 6.45) is 1.52. The molecule has 0 radical (unpaired) electrons. The fourth-order valence-electron chi connectivity index (χ4n) is 1.81. The maximum absolute atomic E-state index is 12.2. The van der Waals surface area contributed by atoms with Crippen LogP contribution < -0.4 is 4.72 Å². The Morgan fingerprint density at radius 2 is 2.05 bits per heavy atom. The van der Waals surface area contributed by atoms with Gasteiger partial charge < -0.3 is 4.42 Å². The zero-order valence-electron chi connectivity index (χ0n) is 10.6. The van der Waals surface area contributed by atoms with E-state index in [1.165, 1.54) is 18.3 Å². The summed E-state index contributed by atoms with van der Waals surface area (Å²) in [6, 6.07) is 9.52. The van der Waals surface area contributed by atoms with Crippen molar-refractivity contribution in [3.8, 4) is 0 Å². The quantitative estimate of drug-likeness (QED) is 0.799. The summed E-state index contributed by atoms with van der Waals surface area (Å²) < 4.78 is 32.2. The van der Waals surface area contributed by atoms with Crippen molar-refractivity contribution in [1.29, 1.82) is 0 Å². The molecule has 6 nitrogen and oxygen atoms in total. The van der Waals surface area contributed by atoms with E-state index in [0.29, 0.717) is 17.0 Å². The third-order valence-electron chi connectivity index (χ3n) is 2.68.